The van der Waals surface area contributed by atoms with Crippen molar-refractivity contribution in [3.8, 4) is 11.5 Å². The van der Waals surface area contributed by atoms with Crippen molar-refractivity contribution >= 4 is 16.8 Å². The van der Waals surface area contributed by atoms with E-state index in [0.29, 0.717) is 48.0 Å². The van der Waals surface area contributed by atoms with Crippen LogP contribution in [0.2, 0.25) is 0 Å². The lowest BCUT2D eigenvalue weighted by molar-refractivity contribution is -0.135. The number of para-hydroxylation sites is 1. The van der Waals surface area contributed by atoms with E-state index in [4.69, 9.17) is 14.2 Å². The first kappa shape index (κ1) is 24.5. The Bertz CT molecular complexity index is 1380. The van der Waals surface area contributed by atoms with Gasteiger partial charge in [-0.25, -0.2) is 4.98 Å². The second-order valence-electron chi connectivity index (χ2n) is 8.97. The van der Waals surface area contributed by atoms with Crippen molar-refractivity contribution in [2.75, 3.05) is 19.8 Å². The molecule has 1 atom stereocenters. The van der Waals surface area contributed by atoms with Gasteiger partial charge in [0.05, 0.1) is 23.6 Å². The summed E-state index contributed by atoms with van der Waals surface area (Å²) in [6, 6.07) is 24.3. The van der Waals surface area contributed by atoms with Crippen molar-refractivity contribution in [3.05, 3.63) is 101 Å². The molecule has 1 N–H and O–H groups in total. The van der Waals surface area contributed by atoms with Crippen molar-refractivity contribution in [2.24, 2.45) is 0 Å². The molecule has 1 fully saturated rings. The number of benzene rings is 3. The molecule has 0 aliphatic carbocycles. The van der Waals surface area contributed by atoms with Crippen molar-refractivity contribution < 1.29 is 19.0 Å². The van der Waals surface area contributed by atoms with Gasteiger partial charge in [-0.3, -0.25) is 9.59 Å². The first-order valence-electron chi connectivity index (χ1n) is 12.4. The van der Waals surface area contributed by atoms with Crippen LogP contribution in [0.1, 0.15) is 24.2 Å². The third-order valence-electron chi connectivity index (χ3n) is 6.24. The predicted octanol–water partition coefficient (Wildman–Crippen LogP) is 4.09. The molecule has 8 heteroatoms. The van der Waals surface area contributed by atoms with Crippen LogP contribution in [0.5, 0.6) is 11.5 Å². The third-order valence-corrected chi connectivity index (χ3v) is 6.24. The predicted molar refractivity (Wildman–Crippen MR) is 139 cm³/mol. The lowest BCUT2D eigenvalue weighted by Crippen LogP contribution is -2.40. The first-order chi connectivity index (χ1) is 18.1. The summed E-state index contributed by atoms with van der Waals surface area (Å²) in [5.41, 5.74) is 1.45. The maximum absolute atomic E-state index is 13.2. The molecule has 3 aromatic carbocycles. The second-order valence-corrected chi connectivity index (χ2v) is 8.97. The van der Waals surface area contributed by atoms with Crippen LogP contribution in [-0.4, -0.2) is 46.6 Å². The molecule has 0 radical (unpaired) electrons. The molecule has 0 saturated carbocycles. The van der Waals surface area contributed by atoms with Gasteiger partial charge in [0, 0.05) is 13.2 Å². The Hall–Kier alpha value is -4.17. The molecular weight excluding hydrogens is 470 g/mol. The van der Waals surface area contributed by atoms with E-state index in [0.717, 1.165) is 18.4 Å². The Kier molecular flexibility index (Phi) is 7.76. The smallest absolute Gasteiger partial charge is 0.261 e. The lowest BCUT2D eigenvalue weighted by Gasteiger charge is -2.25. The van der Waals surface area contributed by atoms with Crippen LogP contribution in [0.3, 0.4) is 0 Å². The molecule has 4 aromatic rings. The van der Waals surface area contributed by atoms with Gasteiger partial charge in [0.25, 0.3) is 11.5 Å². The quantitative estimate of drug-likeness (QED) is 0.353. The number of carbonyl (C=O) groups is 1. The fraction of sp³-hybridized carbons (Fsp3) is 0.276. The van der Waals surface area contributed by atoms with E-state index in [1.807, 2.05) is 48.5 Å². The van der Waals surface area contributed by atoms with Crippen LogP contribution in [0.4, 0.5) is 0 Å². The summed E-state index contributed by atoms with van der Waals surface area (Å²) in [6.45, 7) is 1.59. The summed E-state index contributed by atoms with van der Waals surface area (Å²) < 4.78 is 17.3. The number of nitrogens with one attached hydrogen (secondary N) is 1. The normalized spacial score (nSPS) is 15.0. The molecule has 190 valence electrons. The third kappa shape index (κ3) is 6.54. The van der Waals surface area contributed by atoms with Gasteiger partial charge in [-0.2, -0.15) is 0 Å². The van der Waals surface area contributed by atoms with E-state index in [1.54, 1.807) is 35.2 Å². The maximum Gasteiger partial charge on any atom is 0.261 e. The molecular formula is C29H29N3O5. The molecule has 1 saturated heterocycles. The Morgan fingerprint density at radius 1 is 0.973 bits per heavy atom. The van der Waals surface area contributed by atoms with Crippen molar-refractivity contribution in [1.29, 1.82) is 0 Å². The summed E-state index contributed by atoms with van der Waals surface area (Å²) in [6.07, 6.45) is 1.81. The molecule has 1 aliphatic heterocycles. The number of carbonyl (C=O) groups excluding carboxylic acids is 1. The van der Waals surface area contributed by atoms with E-state index >= 15 is 0 Å². The molecule has 1 aliphatic rings. The Balaban J connectivity index is 1.22. The molecule has 37 heavy (non-hydrogen) atoms. The zero-order valence-electron chi connectivity index (χ0n) is 20.5. The van der Waals surface area contributed by atoms with Gasteiger partial charge in [0.2, 0.25) is 0 Å². The van der Waals surface area contributed by atoms with Crippen LogP contribution >= 0.6 is 0 Å². The number of hydrogen-bond donors (Lipinski definition) is 1. The highest BCUT2D eigenvalue weighted by atomic mass is 16.5. The van der Waals surface area contributed by atoms with Gasteiger partial charge in [0.1, 0.15) is 23.9 Å². The number of aromatic nitrogens is 2. The number of aromatic amines is 1. The topological polar surface area (TPSA) is 93.8 Å². The molecule has 0 spiro atoms. The van der Waals surface area contributed by atoms with E-state index in [9.17, 15) is 9.59 Å². The molecule has 1 unspecified atom stereocenters. The highest BCUT2D eigenvalue weighted by molar-refractivity contribution is 5.78. The van der Waals surface area contributed by atoms with Gasteiger partial charge < -0.3 is 24.1 Å². The van der Waals surface area contributed by atoms with E-state index in [1.165, 1.54) is 0 Å². The van der Waals surface area contributed by atoms with Gasteiger partial charge in [-0.1, -0.05) is 42.5 Å². The number of ether oxygens (including phenoxy) is 3. The summed E-state index contributed by atoms with van der Waals surface area (Å²) in [4.78, 5) is 34.7. The number of fused-ring (bicyclic) bond motifs is 1. The zero-order valence-corrected chi connectivity index (χ0v) is 20.5. The van der Waals surface area contributed by atoms with Crippen LogP contribution in [0, 0.1) is 0 Å². The average Bonchev–Trinajstić information content (AvgIpc) is 3.45. The monoisotopic (exact) mass is 499 g/mol. The molecule has 8 nitrogen and oxygen atoms in total. The zero-order chi connectivity index (χ0) is 25.5. The molecule has 1 aromatic heterocycles. The van der Waals surface area contributed by atoms with Gasteiger partial charge >= 0.3 is 0 Å². The van der Waals surface area contributed by atoms with Gasteiger partial charge in [0.15, 0.2) is 6.61 Å². The highest BCUT2D eigenvalue weighted by Crippen LogP contribution is 2.20. The van der Waals surface area contributed by atoms with Crippen LogP contribution in [0.15, 0.2) is 83.7 Å². The first-order valence-corrected chi connectivity index (χ1v) is 12.4. The van der Waals surface area contributed by atoms with Crippen molar-refractivity contribution in [2.45, 2.75) is 32.1 Å². The standard InChI is InChI=1S/C29H29N3O5/c33-28(20-37-23-14-12-22(13-15-23)36-19-21-7-2-1-3-8-21)32(17-24-9-6-16-35-24)18-27-30-26-11-5-4-10-25(26)29(34)31-27/h1-5,7-8,10-15,24H,6,9,16-20H2,(H,30,31,34). The number of H-pyrrole nitrogens is 1. The van der Waals surface area contributed by atoms with E-state index in [-0.39, 0.29) is 30.7 Å². The number of amides is 1. The second kappa shape index (κ2) is 11.7. The minimum atomic E-state index is -0.226. The maximum atomic E-state index is 13.2. The van der Waals surface area contributed by atoms with E-state index < -0.39 is 0 Å². The van der Waals surface area contributed by atoms with Gasteiger partial charge in [-0.15, -0.1) is 0 Å². The van der Waals surface area contributed by atoms with E-state index in [2.05, 4.69) is 9.97 Å². The fourth-order valence-corrected chi connectivity index (χ4v) is 4.29. The molecule has 2 heterocycles. The fourth-order valence-electron chi connectivity index (χ4n) is 4.29. The summed E-state index contributed by atoms with van der Waals surface area (Å²) in [7, 11) is 0. The summed E-state index contributed by atoms with van der Waals surface area (Å²) in [5, 5.41) is 0.516. The van der Waals surface area contributed by atoms with Gasteiger partial charge in [-0.05, 0) is 54.8 Å². The SMILES string of the molecule is O=C(COc1ccc(OCc2ccccc2)cc1)N(Cc1nc2ccccc2c(=O)[nH]1)CC1CCCO1. The Labute approximate surface area is 214 Å². The minimum absolute atomic E-state index is 0.0443. The summed E-state index contributed by atoms with van der Waals surface area (Å²) >= 11 is 0. The summed E-state index contributed by atoms with van der Waals surface area (Å²) in [5.74, 6) is 1.49. The Morgan fingerprint density at radius 2 is 1.70 bits per heavy atom. The average molecular weight is 500 g/mol. The number of nitrogens with zero attached hydrogens (tertiary/aromatic N) is 2. The Morgan fingerprint density at radius 3 is 2.46 bits per heavy atom. The lowest BCUT2D eigenvalue weighted by atomic mass is 10.2. The largest absolute Gasteiger partial charge is 0.489 e. The highest BCUT2D eigenvalue weighted by Gasteiger charge is 2.24. The van der Waals surface area contributed by atoms with Crippen LogP contribution in [0.25, 0.3) is 10.9 Å². The van der Waals surface area contributed by atoms with Crippen LogP contribution in [-0.2, 0) is 22.7 Å². The molecule has 1 amide bonds. The van der Waals surface area contributed by atoms with Crippen molar-refractivity contribution in [1.82, 2.24) is 14.9 Å². The number of hydrogen-bond acceptors (Lipinski definition) is 6. The minimum Gasteiger partial charge on any atom is -0.489 e. The molecule has 5 rings (SSSR count). The van der Waals surface area contributed by atoms with Crippen LogP contribution < -0.4 is 15.0 Å². The van der Waals surface area contributed by atoms with Crippen molar-refractivity contribution in [3.63, 3.8) is 0 Å². The number of rotatable bonds is 10. The molecule has 0 bridgehead atoms.